The topological polar surface area (TPSA) is 92.8 Å². The molecule has 0 spiro atoms. The van der Waals surface area contributed by atoms with E-state index in [9.17, 15) is 14.7 Å². The number of ketones is 2. The highest BCUT2D eigenvalue weighted by Gasteiger charge is 2.37. The molecule has 1 aromatic rings. The Morgan fingerprint density at radius 3 is 2.38 bits per heavy atom. The quantitative estimate of drug-likeness (QED) is 0.375. The van der Waals surface area contributed by atoms with Crippen LogP contribution < -0.4 is 0 Å². The van der Waals surface area contributed by atoms with E-state index in [2.05, 4.69) is 25.9 Å². The first-order chi connectivity index (χ1) is 15.0. The van der Waals surface area contributed by atoms with E-state index in [0.29, 0.717) is 73.4 Å². The van der Waals surface area contributed by atoms with Crippen LogP contribution in [0.2, 0.25) is 0 Å². The third kappa shape index (κ3) is 5.76. The molecule has 6 nitrogen and oxygen atoms in total. The number of allylic oxidation sites excluding steroid dienone is 2. The van der Waals surface area contributed by atoms with Gasteiger partial charge in [-0.3, -0.25) is 14.6 Å². The number of hydrogen-bond acceptors (Lipinski definition) is 6. The number of nitrogens with zero attached hydrogens (tertiary/aromatic N) is 2. The summed E-state index contributed by atoms with van der Waals surface area (Å²) in [6.07, 6.45) is 7.32. The second-order valence-corrected chi connectivity index (χ2v) is 11.0. The van der Waals surface area contributed by atoms with Gasteiger partial charge in [-0.25, -0.2) is 0 Å². The van der Waals surface area contributed by atoms with Gasteiger partial charge in [0.15, 0.2) is 11.6 Å². The summed E-state index contributed by atoms with van der Waals surface area (Å²) in [7, 11) is 0. The van der Waals surface area contributed by atoms with Gasteiger partial charge in [-0.15, -0.1) is 0 Å². The second kappa shape index (κ2) is 9.72. The summed E-state index contributed by atoms with van der Waals surface area (Å²) < 4.78 is 5.53. The maximum absolute atomic E-state index is 12.9. The van der Waals surface area contributed by atoms with E-state index in [4.69, 9.17) is 9.52 Å². The first-order valence-electron chi connectivity index (χ1n) is 12.0. The van der Waals surface area contributed by atoms with Crippen LogP contribution in [0.4, 0.5) is 0 Å². The lowest BCUT2D eigenvalue weighted by Gasteiger charge is -2.30. The Bertz CT molecular complexity index is 934. The Kier molecular flexibility index (Phi) is 7.41. The van der Waals surface area contributed by atoms with Crippen LogP contribution in [0.15, 0.2) is 20.8 Å². The zero-order valence-corrected chi connectivity index (χ0v) is 20.3. The van der Waals surface area contributed by atoms with Gasteiger partial charge in [0.2, 0.25) is 0 Å². The molecule has 0 saturated heterocycles. The van der Waals surface area contributed by atoms with Gasteiger partial charge in [0.05, 0.1) is 16.8 Å². The number of aliphatic imine (C=N–C) groups is 1. The van der Waals surface area contributed by atoms with Gasteiger partial charge in [0.1, 0.15) is 11.5 Å². The zero-order chi connectivity index (χ0) is 23.5. The minimum Gasteiger partial charge on any atom is -0.511 e. The van der Waals surface area contributed by atoms with Crippen molar-refractivity contribution in [2.45, 2.75) is 98.8 Å². The fraction of sp³-hybridized carbons (Fsp3) is 0.692. The molecule has 1 N–H and O–H groups in total. The fourth-order valence-corrected chi connectivity index (χ4v) is 4.88. The SMILES string of the molecule is CCCCCCN=C(CCc1noc2c1C(=O)CC(C)(C)C2)C1=C(O)CC(C)(C)CC1=O. The van der Waals surface area contributed by atoms with Crippen LogP contribution in [0.3, 0.4) is 0 Å². The Morgan fingerprint density at radius 2 is 1.69 bits per heavy atom. The molecule has 2 aliphatic rings. The van der Waals surface area contributed by atoms with Gasteiger partial charge in [0, 0.05) is 37.9 Å². The van der Waals surface area contributed by atoms with Crippen molar-refractivity contribution in [3.63, 3.8) is 0 Å². The molecule has 0 amide bonds. The van der Waals surface area contributed by atoms with E-state index in [1.165, 1.54) is 0 Å². The molecule has 2 aliphatic carbocycles. The van der Waals surface area contributed by atoms with Gasteiger partial charge in [-0.05, 0) is 30.1 Å². The second-order valence-electron chi connectivity index (χ2n) is 11.0. The lowest BCUT2D eigenvalue weighted by Crippen LogP contribution is -2.30. The number of carbonyl (C=O) groups is 2. The third-order valence-electron chi connectivity index (χ3n) is 6.44. The van der Waals surface area contributed by atoms with Gasteiger partial charge in [0.25, 0.3) is 0 Å². The summed E-state index contributed by atoms with van der Waals surface area (Å²) in [4.78, 5) is 30.4. The maximum Gasteiger partial charge on any atom is 0.168 e. The lowest BCUT2D eigenvalue weighted by molar-refractivity contribution is -0.118. The molecule has 0 atom stereocenters. The van der Waals surface area contributed by atoms with Crippen molar-refractivity contribution >= 4 is 17.3 Å². The van der Waals surface area contributed by atoms with Gasteiger partial charge in [-0.2, -0.15) is 0 Å². The predicted octanol–water partition coefficient (Wildman–Crippen LogP) is 5.98. The number of aliphatic hydroxyl groups is 1. The Morgan fingerprint density at radius 1 is 1.00 bits per heavy atom. The van der Waals surface area contributed by atoms with E-state index in [1.54, 1.807) is 0 Å². The van der Waals surface area contributed by atoms with Crippen LogP contribution in [-0.2, 0) is 17.6 Å². The maximum atomic E-state index is 12.9. The number of unbranched alkanes of at least 4 members (excludes halogenated alkanes) is 3. The van der Waals surface area contributed by atoms with Crippen molar-refractivity contribution in [1.82, 2.24) is 5.16 Å². The average molecular weight is 443 g/mol. The molecule has 0 aliphatic heterocycles. The number of aliphatic hydroxyl groups excluding tert-OH is 1. The van der Waals surface area contributed by atoms with E-state index < -0.39 is 0 Å². The van der Waals surface area contributed by atoms with Crippen LogP contribution in [0.1, 0.15) is 108 Å². The van der Waals surface area contributed by atoms with Crippen molar-refractivity contribution in [1.29, 1.82) is 0 Å². The molecule has 0 saturated carbocycles. The van der Waals surface area contributed by atoms with E-state index in [0.717, 1.165) is 25.7 Å². The highest BCUT2D eigenvalue weighted by Crippen LogP contribution is 2.38. The molecule has 0 radical (unpaired) electrons. The number of rotatable bonds is 9. The van der Waals surface area contributed by atoms with E-state index in [-0.39, 0.29) is 28.2 Å². The van der Waals surface area contributed by atoms with Crippen LogP contribution in [-0.4, -0.2) is 34.1 Å². The molecule has 0 aromatic carbocycles. The van der Waals surface area contributed by atoms with Gasteiger partial charge in [-0.1, -0.05) is 59.0 Å². The third-order valence-corrected chi connectivity index (χ3v) is 6.44. The molecule has 176 valence electrons. The number of hydrogen-bond donors (Lipinski definition) is 1. The van der Waals surface area contributed by atoms with Crippen LogP contribution in [0.5, 0.6) is 0 Å². The number of aryl methyl sites for hydroxylation is 1. The molecule has 6 heteroatoms. The normalized spacial score (nSPS) is 20.6. The summed E-state index contributed by atoms with van der Waals surface area (Å²) >= 11 is 0. The molecule has 1 heterocycles. The monoisotopic (exact) mass is 442 g/mol. The Balaban J connectivity index is 1.82. The summed E-state index contributed by atoms with van der Waals surface area (Å²) in [5.41, 5.74) is 1.90. The lowest BCUT2D eigenvalue weighted by atomic mass is 9.74. The molecule has 1 aromatic heterocycles. The molecule has 32 heavy (non-hydrogen) atoms. The van der Waals surface area contributed by atoms with Crippen molar-refractivity contribution in [3.05, 3.63) is 28.3 Å². The zero-order valence-electron chi connectivity index (χ0n) is 20.3. The van der Waals surface area contributed by atoms with Crippen molar-refractivity contribution < 1.29 is 19.2 Å². The first kappa shape index (κ1) is 24.4. The van der Waals surface area contributed by atoms with Crippen molar-refractivity contribution in [2.24, 2.45) is 15.8 Å². The minimum atomic E-state index is -0.249. The van der Waals surface area contributed by atoms with E-state index in [1.807, 2.05) is 13.8 Å². The molecular weight excluding hydrogens is 404 g/mol. The predicted molar refractivity (Wildman–Crippen MR) is 125 cm³/mol. The number of Topliss-reactive ketones (excluding diaryl/α,β-unsaturated/α-hetero) is 2. The van der Waals surface area contributed by atoms with Gasteiger partial charge < -0.3 is 9.63 Å². The van der Waals surface area contributed by atoms with Crippen LogP contribution in [0, 0.1) is 10.8 Å². The highest BCUT2D eigenvalue weighted by molar-refractivity contribution is 6.23. The first-order valence-corrected chi connectivity index (χ1v) is 12.0. The summed E-state index contributed by atoms with van der Waals surface area (Å²) in [5, 5.41) is 14.9. The average Bonchev–Trinajstić information content (AvgIpc) is 3.05. The standard InChI is InChI=1S/C26H38N2O4/c1-6-7-8-9-12-27-17(23-19(29)13-25(2,3)14-20(23)30)10-11-18-24-21(31)15-26(4,5)16-22(24)32-28-18/h29H,6-16H2,1-5H3. The van der Waals surface area contributed by atoms with Crippen molar-refractivity contribution in [3.8, 4) is 0 Å². The van der Waals surface area contributed by atoms with E-state index >= 15 is 0 Å². The molecule has 0 fully saturated rings. The molecular formula is C26H38N2O4. The molecule has 0 unspecified atom stereocenters. The highest BCUT2D eigenvalue weighted by atomic mass is 16.5. The Labute approximate surface area is 191 Å². The fourth-order valence-electron chi connectivity index (χ4n) is 4.88. The number of aromatic nitrogens is 1. The van der Waals surface area contributed by atoms with Crippen LogP contribution in [0.25, 0.3) is 0 Å². The summed E-state index contributed by atoms with van der Waals surface area (Å²) in [6, 6.07) is 0. The number of fused-ring (bicyclic) bond motifs is 1. The summed E-state index contributed by atoms with van der Waals surface area (Å²) in [6.45, 7) is 10.9. The largest absolute Gasteiger partial charge is 0.511 e. The molecule has 3 rings (SSSR count). The van der Waals surface area contributed by atoms with Crippen LogP contribution >= 0.6 is 0 Å². The molecule has 0 bridgehead atoms. The number of carbonyl (C=O) groups excluding carboxylic acids is 2. The minimum absolute atomic E-state index is 0.0499. The summed E-state index contributed by atoms with van der Waals surface area (Å²) in [5.74, 6) is 0.824. The Hall–Kier alpha value is -2.24. The van der Waals surface area contributed by atoms with Crippen molar-refractivity contribution in [2.75, 3.05) is 6.54 Å². The van der Waals surface area contributed by atoms with Gasteiger partial charge >= 0.3 is 0 Å². The smallest absolute Gasteiger partial charge is 0.168 e.